The molecular formula is C22H28N6O3S2. The normalized spacial score (nSPS) is 19.2. The van der Waals surface area contributed by atoms with Crippen LogP contribution in [0.2, 0.25) is 0 Å². The van der Waals surface area contributed by atoms with Crippen LogP contribution in [0.3, 0.4) is 0 Å². The van der Waals surface area contributed by atoms with E-state index < -0.39 is 11.0 Å². The predicted octanol–water partition coefficient (Wildman–Crippen LogP) is 2.01. The van der Waals surface area contributed by atoms with E-state index >= 15 is 0 Å². The highest BCUT2D eigenvalue weighted by atomic mass is 32.2. The molecule has 5 heterocycles. The maximum Gasteiger partial charge on any atom is 0.212 e. The first-order chi connectivity index (χ1) is 16.1. The van der Waals surface area contributed by atoms with Crippen LogP contribution < -0.4 is 9.64 Å². The number of piperazine rings is 1. The summed E-state index contributed by atoms with van der Waals surface area (Å²) in [5, 5.41) is 0. The van der Waals surface area contributed by atoms with Crippen molar-refractivity contribution >= 4 is 38.4 Å². The van der Waals surface area contributed by atoms with Crippen LogP contribution in [0, 0.1) is 0 Å². The molecule has 2 aliphatic rings. The van der Waals surface area contributed by atoms with Gasteiger partial charge in [-0.3, -0.25) is 4.90 Å². The molecule has 0 radical (unpaired) electrons. The summed E-state index contributed by atoms with van der Waals surface area (Å²) in [5.74, 6) is 2.21. The summed E-state index contributed by atoms with van der Waals surface area (Å²) in [7, 11) is 0.714. The van der Waals surface area contributed by atoms with Gasteiger partial charge in [0, 0.05) is 74.8 Å². The average Bonchev–Trinajstić information content (AvgIpc) is 3.26. The third-order valence-electron chi connectivity index (χ3n) is 5.99. The Bertz CT molecular complexity index is 1130. The summed E-state index contributed by atoms with van der Waals surface area (Å²) in [4.78, 5) is 20.2. The first kappa shape index (κ1) is 22.6. The van der Waals surface area contributed by atoms with Gasteiger partial charge >= 0.3 is 0 Å². The van der Waals surface area contributed by atoms with Gasteiger partial charge in [0.05, 0.1) is 41.5 Å². The van der Waals surface area contributed by atoms with Crippen LogP contribution in [0.15, 0.2) is 24.4 Å². The average molecular weight is 489 g/mol. The van der Waals surface area contributed by atoms with E-state index in [1.807, 2.05) is 16.4 Å². The van der Waals surface area contributed by atoms with Crippen LogP contribution in [0.4, 0.5) is 5.82 Å². The molecule has 176 valence electrons. The Balaban J connectivity index is 1.45. The van der Waals surface area contributed by atoms with Gasteiger partial charge in [0.25, 0.3) is 0 Å². The second kappa shape index (κ2) is 9.98. The highest BCUT2D eigenvalue weighted by molar-refractivity contribution is 7.81. The molecular weight excluding hydrogens is 460 g/mol. The minimum atomic E-state index is -0.893. The summed E-state index contributed by atoms with van der Waals surface area (Å²) in [6.45, 7) is 7.40. The number of ether oxygens (including phenoxy) is 2. The van der Waals surface area contributed by atoms with Gasteiger partial charge in [0.15, 0.2) is 11.6 Å². The van der Waals surface area contributed by atoms with Crippen LogP contribution in [0.5, 0.6) is 5.88 Å². The van der Waals surface area contributed by atoms with Crippen molar-refractivity contribution in [3.63, 3.8) is 0 Å². The first-order valence-electron chi connectivity index (χ1n) is 11.0. The third kappa shape index (κ3) is 5.02. The van der Waals surface area contributed by atoms with Crippen LogP contribution in [0.1, 0.15) is 4.88 Å². The molecule has 0 N–H and O–H groups in total. The van der Waals surface area contributed by atoms with Crippen molar-refractivity contribution in [1.29, 1.82) is 0 Å². The molecule has 3 aromatic heterocycles. The molecule has 3 aromatic rings. The SMILES string of the molecule is COc1ccc(-c2nc(N3CCOCC3)c3sc(CN4CCN(S(C)=O)CC4)cc3n2)cn1. The Morgan fingerprint density at radius 2 is 1.91 bits per heavy atom. The van der Waals surface area contributed by atoms with Crippen molar-refractivity contribution < 1.29 is 13.7 Å². The Morgan fingerprint density at radius 1 is 1.12 bits per heavy atom. The molecule has 0 saturated carbocycles. The lowest BCUT2D eigenvalue weighted by molar-refractivity contribution is 0.122. The molecule has 1 unspecified atom stereocenters. The van der Waals surface area contributed by atoms with Crippen LogP contribution in [0.25, 0.3) is 21.6 Å². The number of aromatic nitrogens is 3. The number of methoxy groups -OCH3 is 1. The zero-order chi connectivity index (χ0) is 22.8. The number of hydrogen-bond acceptors (Lipinski definition) is 9. The Hall–Kier alpha value is -2.18. The summed E-state index contributed by atoms with van der Waals surface area (Å²) >= 11 is 1.77. The van der Waals surface area contributed by atoms with E-state index in [9.17, 15) is 4.21 Å². The number of hydrogen-bond donors (Lipinski definition) is 0. The van der Waals surface area contributed by atoms with E-state index in [1.165, 1.54) is 4.88 Å². The number of rotatable bonds is 6. The highest BCUT2D eigenvalue weighted by Crippen LogP contribution is 2.35. The van der Waals surface area contributed by atoms with Crippen molar-refractivity contribution in [2.75, 3.05) is 70.7 Å². The Labute approximate surface area is 199 Å². The van der Waals surface area contributed by atoms with Crippen molar-refractivity contribution in [3.05, 3.63) is 29.3 Å². The fraction of sp³-hybridized carbons (Fsp3) is 0.500. The summed E-state index contributed by atoms with van der Waals surface area (Å²) < 4.78 is 25.6. The van der Waals surface area contributed by atoms with E-state index in [1.54, 1.807) is 30.9 Å². The summed E-state index contributed by atoms with van der Waals surface area (Å²) in [5.41, 5.74) is 1.83. The second-order valence-corrected chi connectivity index (χ2v) is 10.6. The summed E-state index contributed by atoms with van der Waals surface area (Å²) in [6, 6.07) is 5.97. The molecule has 9 nitrogen and oxygen atoms in total. The number of morpholine rings is 1. The molecule has 2 saturated heterocycles. The first-order valence-corrected chi connectivity index (χ1v) is 13.4. The smallest absolute Gasteiger partial charge is 0.212 e. The van der Waals surface area contributed by atoms with E-state index in [0.29, 0.717) is 24.9 Å². The highest BCUT2D eigenvalue weighted by Gasteiger charge is 2.23. The molecule has 0 bridgehead atoms. The molecule has 2 fully saturated rings. The van der Waals surface area contributed by atoms with E-state index in [0.717, 1.165) is 67.4 Å². The molecule has 33 heavy (non-hydrogen) atoms. The van der Waals surface area contributed by atoms with Gasteiger partial charge in [-0.15, -0.1) is 11.3 Å². The minimum Gasteiger partial charge on any atom is -0.481 e. The summed E-state index contributed by atoms with van der Waals surface area (Å²) in [6.07, 6.45) is 3.51. The standard InChI is InChI=1S/C22H28N6O3S2/c1-30-19-4-3-16(14-23-19)21-24-18-13-17(15-26-5-7-28(8-6-26)33(2)29)32-20(18)22(25-21)27-9-11-31-12-10-27/h3-4,13-14H,5-12,15H2,1-2H3. The number of thiophene rings is 1. The Morgan fingerprint density at radius 3 is 2.58 bits per heavy atom. The van der Waals surface area contributed by atoms with Gasteiger partial charge in [0.1, 0.15) is 0 Å². The lowest BCUT2D eigenvalue weighted by Crippen LogP contribution is -2.46. The minimum absolute atomic E-state index is 0.568. The van der Waals surface area contributed by atoms with E-state index in [2.05, 4.69) is 20.9 Å². The number of anilines is 1. The topological polar surface area (TPSA) is 83.9 Å². The molecule has 0 aromatic carbocycles. The monoisotopic (exact) mass is 488 g/mol. The van der Waals surface area contributed by atoms with Crippen molar-refractivity contribution in [3.8, 4) is 17.3 Å². The van der Waals surface area contributed by atoms with Gasteiger partial charge in [-0.05, 0) is 12.1 Å². The lowest BCUT2D eigenvalue weighted by atomic mass is 10.2. The van der Waals surface area contributed by atoms with Gasteiger partial charge < -0.3 is 14.4 Å². The van der Waals surface area contributed by atoms with Crippen LogP contribution >= 0.6 is 11.3 Å². The van der Waals surface area contributed by atoms with Crippen molar-refractivity contribution in [2.45, 2.75) is 6.54 Å². The largest absolute Gasteiger partial charge is 0.481 e. The number of pyridine rings is 1. The van der Waals surface area contributed by atoms with E-state index in [-0.39, 0.29) is 0 Å². The molecule has 0 aliphatic carbocycles. The maximum absolute atomic E-state index is 11.7. The lowest BCUT2D eigenvalue weighted by Gasteiger charge is -2.32. The molecule has 11 heteroatoms. The fourth-order valence-corrected chi connectivity index (χ4v) is 5.99. The molecule has 0 amide bonds. The molecule has 0 spiro atoms. The van der Waals surface area contributed by atoms with Gasteiger partial charge in [-0.2, -0.15) is 0 Å². The molecule has 1 atom stereocenters. The zero-order valence-corrected chi connectivity index (χ0v) is 20.5. The van der Waals surface area contributed by atoms with Gasteiger partial charge in [-0.25, -0.2) is 23.5 Å². The Kier molecular flexibility index (Phi) is 6.84. The van der Waals surface area contributed by atoms with Crippen LogP contribution in [-0.4, -0.2) is 94.2 Å². The molecule has 5 rings (SSSR count). The quantitative estimate of drug-likeness (QED) is 0.521. The molecule has 2 aliphatic heterocycles. The number of fused-ring (bicyclic) bond motifs is 1. The fourth-order valence-electron chi connectivity index (χ4n) is 4.16. The third-order valence-corrected chi connectivity index (χ3v) is 8.19. The maximum atomic E-state index is 11.7. The zero-order valence-electron chi connectivity index (χ0n) is 18.9. The predicted molar refractivity (Wildman–Crippen MR) is 131 cm³/mol. The van der Waals surface area contributed by atoms with E-state index in [4.69, 9.17) is 19.4 Å². The number of nitrogens with zero attached hydrogens (tertiary/aromatic N) is 6. The second-order valence-electron chi connectivity index (χ2n) is 8.12. The van der Waals surface area contributed by atoms with Gasteiger partial charge in [-0.1, -0.05) is 0 Å². The van der Waals surface area contributed by atoms with Crippen LogP contribution in [-0.2, 0) is 22.3 Å². The van der Waals surface area contributed by atoms with Crippen molar-refractivity contribution in [1.82, 2.24) is 24.2 Å². The van der Waals surface area contributed by atoms with Crippen molar-refractivity contribution in [2.24, 2.45) is 0 Å². The van der Waals surface area contributed by atoms with Gasteiger partial charge in [0.2, 0.25) is 5.88 Å².